The van der Waals surface area contributed by atoms with Gasteiger partial charge in [0, 0.05) is 13.6 Å². The molecule has 5 nitrogen and oxygen atoms in total. The normalized spacial score (nSPS) is 10.6. The zero-order valence-corrected chi connectivity index (χ0v) is 14.5. The van der Waals surface area contributed by atoms with E-state index in [2.05, 4.69) is 26.3 Å². The Labute approximate surface area is 133 Å². The smallest absolute Gasteiger partial charge is 0.174 e. The monoisotopic (exact) mass is 353 g/mol. The Morgan fingerprint density at radius 2 is 1.95 bits per heavy atom. The lowest BCUT2D eigenvalue weighted by atomic mass is 10.2. The predicted octanol–water partition coefficient (Wildman–Crippen LogP) is 3.43. The molecule has 0 atom stereocenters. The highest BCUT2D eigenvalue weighted by Gasteiger charge is 2.12. The van der Waals surface area contributed by atoms with Crippen molar-refractivity contribution in [2.45, 2.75) is 20.4 Å². The van der Waals surface area contributed by atoms with Gasteiger partial charge in [0.1, 0.15) is 0 Å². The minimum absolute atomic E-state index is 0.687. The maximum Gasteiger partial charge on any atom is 0.174 e. The highest BCUT2D eigenvalue weighted by Crippen LogP contribution is 2.36. The molecular weight excluding hydrogens is 334 g/mol. The van der Waals surface area contributed by atoms with Crippen LogP contribution in [-0.4, -0.2) is 24.0 Å². The molecule has 1 heterocycles. The Balaban J connectivity index is 2.22. The quantitative estimate of drug-likeness (QED) is 0.894. The third kappa shape index (κ3) is 3.15. The summed E-state index contributed by atoms with van der Waals surface area (Å²) in [5.41, 5.74) is 4.28. The summed E-state index contributed by atoms with van der Waals surface area (Å²) in [6.07, 6.45) is 0. The lowest BCUT2D eigenvalue weighted by molar-refractivity contribution is 0.352. The second-order valence-corrected chi connectivity index (χ2v) is 5.69. The number of aromatic nitrogens is 2. The summed E-state index contributed by atoms with van der Waals surface area (Å²) in [5, 5.41) is 7.84. The molecule has 0 aliphatic rings. The van der Waals surface area contributed by atoms with Crippen molar-refractivity contribution >= 4 is 21.6 Å². The molecule has 1 aromatic carbocycles. The van der Waals surface area contributed by atoms with E-state index in [9.17, 15) is 0 Å². The van der Waals surface area contributed by atoms with Crippen LogP contribution in [0.3, 0.4) is 0 Å². The zero-order chi connectivity index (χ0) is 15.6. The number of methoxy groups -OCH3 is 2. The van der Waals surface area contributed by atoms with Gasteiger partial charge in [0.2, 0.25) is 0 Å². The van der Waals surface area contributed by atoms with E-state index < -0.39 is 0 Å². The van der Waals surface area contributed by atoms with Gasteiger partial charge in [-0.05, 0) is 47.5 Å². The molecule has 0 unspecified atom stereocenters. The Morgan fingerprint density at radius 1 is 1.24 bits per heavy atom. The van der Waals surface area contributed by atoms with Gasteiger partial charge in [-0.1, -0.05) is 0 Å². The van der Waals surface area contributed by atoms with E-state index in [1.165, 1.54) is 0 Å². The zero-order valence-electron chi connectivity index (χ0n) is 13.0. The highest BCUT2D eigenvalue weighted by atomic mass is 79.9. The summed E-state index contributed by atoms with van der Waals surface area (Å²) in [6, 6.07) is 3.99. The number of nitrogens with zero attached hydrogens (tertiary/aromatic N) is 2. The first kappa shape index (κ1) is 15.7. The van der Waals surface area contributed by atoms with Crippen molar-refractivity contribution in [2.75, 3.05) is 19.5 Å². The molecule has 0 aliphatic carbocycles. The number of nitrogens with one attached hydrogen (secondary N) is 1. The first-order valence-electron chi connectivity index (χ1n) is 6.62. The van der Waals surface area contributed by atoms with Crippen LogP contribution in [-0.2, 0) is 13.6 Å². The minimum Gasteiger partial charge on any atom is -0.493 e. The second-order valence-electron chi connectivity index (χ2n) is 4.84. The number of benzene rings is 1. The van der Waals surface area contributed by atoms with Gasteiger partial charge in [-0.15, -0.1) is 0 Å². The fraction of sp³-hybridized carbons (Fsp3) is 0.400. The summed E-state index contributed by atoms with van der Waals surface area (Å²) >= 11 is 3.51. The molecule has 0 saturated carbocycles. The van der Waals surface area contributed by atoms with Gasteiger partial charge >= 0.3 is 0 Å². The van der Waals surface area contributed by atoms with Crippen molar-refractivity contribution in [3.05, 3.63) is 33.6 Å². The van der Waals surface area contributed by atoms with Gasteiger partial charge in [-0.2, -0.15) is 5.10 Å². The fourth-order valence-corrected chi connectivity index (χ4v) is 2.94. The van der Waals surface area contributed by atoms with E-state index >= 15 is 0 Å². The topological polar surface area (TPSA) is 48.3 Å². The molecule has 0 bridgehead atoms. The van der Waals surface area contributed by atoms with Crippen LogP contribution < -0.4 is 14.8 Å². The lowest BCUT2D eigenvalue weighted by Gasteiger charge is -2.13. The molecule has 0 radical (unpaired) electrons. The van der Waals surface area contributed by atoms with Crippen molar-refractivity contribution in [2.24, 2.45) is 7.05 Å². The number of halogens is 1. The summed E-state index contributed by atoms with van der Waals surface area (Å²) < 4.78 is 13.4. The van der Waals surface area contributed by atoms with Crippen molar-refractivity contribution in [1.82, 2.24) is 9.78 Å². The number of anilines is 1. The van der Waals surface area contributed by atoms with Crippen LogP contribution in [0.15, 0.2) is 16.6 Å². The average Bonchev–Trinajstić information content (AvgIpc) is 2.69. The maximum absolute atomic E-state index is 5.36. The van der Waals surface area contributed by atoms with Crippen LogP contribution in [0.4, 0.5) is 5.69 Å². The molecule has 2 rings (SSSR count). The molecule has 0 amide bonds. The van der Waals surface area contributed by atoms with Crippen molar-refractivity contribution in [3.8, 4) is 11.5 Å². The van der Waals surface area contributed by atoms with Crippen LogP contribution in [0, 0.1) is 13.8 Å². The summed E-state index contributed by atoms with van der Waals surface area (Å²) in [6.45, 7) is 4.74. The highest BCUT2D eigenvalue weighted by molar-refractivity contribution is 9.10. The Morgan fingerprint density at radius 3 is 2.48 bits per heavy atom. The number of rotatable bonds is 5. The molecule has 0 saturated heterocycles. The van der Waals surface area contributed by atoms with E-state index in [0.29, 0.717) is 18.0 Å². The van der Waals surface area contributed by atoms with Crippen molar-refractivity contribution < 1.29 is 9.47 Å². The number of hydrogen-bond donors (Lipinski definition) is 1. The molecule has 2 aromatic rings. The molecule has 1 N–H and O–H groups in total. The number of hydrogen-bond acceptors (Lipinski definition) is 4. The summed E-state index contributed by atoms with van der Waals surface area (Å²) in [7, 11) is 5.21. The fourth-order valence-electron chi connectivity index (χ4n) is 2.29. The summed E-state index contributed by atoms with van der Waals surface area (Å²) in [4.78, 5) is 0. The van der Waals surface area contributed by atoms with Gasteiger partial charge in [0.25, 0.3) is 0 Å². The van der Waals surface area contributed by atoms with Crippen LogP contribution in [0.5, 0.6) is 11.5 Å². The molecule has 0 fully saturated rings. The van der Waals surface area contributed by atoms with E-state index in [-0.39, 0.29) is 0 Å². The lowest BCUT2D eigenvalue weighted by Crippen LogP contribution is -2.03. The first-order chi connectivity index (χ1) is 9.97. The standard InChI is InChI=1S/C15H20BrN3O2/c1-9-14(10(2)19(3)18-9)17-8-11-6-12(16)15(21-5)13(7-11)20-4/h6-7,17H,8H2,1-5H3. The SMILES string of the molecule is COc1cc(CNc2c(C)nn(C)c2C)cc(Br)c1OC. The minimum atomic E-state index is 0.687. The first-order valence-corrected chi connectivity index (χ1v) is 7.41. The average molecular weight is 354 g/mol. The Hall–Kier alpha value is -1.69. The molecule has 21 heavy (non-hydrogen) atoms. The number of ether oxygens (including phenoxy) is 2. The third-order valence-electron chi connectivity index (χ3n) is 3.47. The van der Waals surface area contributed by atoms with Gasteiger partial charge in [-0.25, -0.2) is 0 Å². The van der Waals surface area contributed by atoms with Crippen LogP contribution in [0.1, 0.15) is 17.0 Å². The molecule has 1 aromatic heterocycles. The second kappa shape index (κ2) is 6.39. The van der Waals surface area contributed by atoms with E-state index in [0.717, 1.165) is 27.1 Å². The summed E-state index contributed by atoms with van der Waals surface area (Å²) in [5.74, 6) is 1.42. The van der Waals surface area contributed by atoms with Crippen LogP contribution in [0.2, 0.25) is 0 Å². The van der Waals surface area contributed by atoms with Gasteiger partial charge in [-0.3, -0.25) is 4.68 Å². The third-order valence-corrected chi connectivity index (χ3v) is 4.06. The Kier molecular flexibility index (Phi) is 4.77. The van der Waals surface area contributed by atoms with Gasteiger partial charge in [0.05, 0.1) is 35.8 Å². The Bertz CT molecular complexity index is 653. The molecule has 0 spiro atoms. The van der Waals surface area contributed by atoms with Gasteiger partial charge in [0.15, 0.2) is 11.5 Å². The molecule has 114 valence electrons. The molecule has 6 heteroatoms. The van der Waals surface area contributed by atoms with E-state index in [4.69, 9.17) is 9.47 Å². The van der Waals surface area contributed by atoms with Gasteiger partial charge < -0.3 is 14.8 Å². The van der Waals surface area contributed by atoms with E-state index in [1.54, 1.807) is 14.2 Å². The van der Waals surface area contributed by atoms with E-state index in [1.807, 2.05) is 37.7 Å². The number of aryl methyl sites for hydroxylation is 2. The van der Waals surface area contributed by atoms with Crippen molar-refractivity contribution in [3.63, 3.8) is 0 Å². The maximum atomic E-state index is 5.36. The largest absolute Gasteiger partial charge is 0.493 e. The van der Waals surface area contributed by atoms with Crippen LogP contribution in [0.25, 0.3) is 0 Å². The van der Waals surface area contributed by atoms with Crippen molar-refractivity contribution in [1.29, 1.82) is 0 Å². The molecule has 0 aliphatic heterocycles. The van der Waals surface area contributed by atoms with Crippen LogP contribution >= 0.6 is 15.9 Å². The predicted molar refractivity (Wildman–Crippen MR) is 87.3 cm³/mol. The molecular formula is C15H20BrN3O2.